The Morgan fingerprint density at radius 3 is 2.64 bits per heavy atom. The van der Waals surface area contributed by atoms with Crippen molar-refractivity contribution in [3.05, 3.63) is 65.9 Å². The van der Waals surface area contributed by atoms with E-state index in [4.69, 9.17) is 0 Å². The Hall–Kier alpha value is -3.29. The van der Waals surface area contributed by atoms with Gasteiger partial charge in [0, 0.05) is 22.7 Å². The number of halogens is 3. The fraction of sp³-hybridized carbons (Fsp3) is 0.0588. The van der Waals surface area contributed by atoms with E-state index in [2.05, 4.69) is 20.2 Å². The second kappa shape index (κ2) is 6.68. The molecular formula is C17H12F3N3O2. The molecule has 0 saturated carbocycles. The number of nitrogens with one attached hydrogen (secondary N) is 2. The van der Waals surface area contributed by atoms with Gasteiger partial charge in [0.15, 0.2) is 0 Å². The first-order chi connectivity index (χ1) is 11.9. The Morgan fingerprint density at radius 2 is 1.84 bits per heavy atom. The Bertz CT molecular complexity index is 932. The third kappa shape index (κ3) is 3.97. The van der Waals surface area contributed by atoms with E-state index in [0.717, 1.165) is 22.5 Å². The summed E-state index contributed by atoms with van der Waals surface area (Å²) >= 11 is 0. The topological polar surface area (TPSA) is 66.5 Å². The zero-order valence-corrected chi connectivity index (χ0v) is 12.7. The number of fused-ring (bicyclic) bond motifs is 1. The number of amides is 1. The first-order valence-electron chi connectivity index (χ1n) is 7.18. The second-order valence-corrected chi connectivity index (χ2v) is 5.03. The number of carbonyl (C=O) groups is 1. The lowest BCUT2D eigenvalue weighted by Gasteiger charge is -2.11. The highest BCUT2D eigenvalue weighted by Gasteiger charge is 2.32. The number of benzene rings is 2. The predicted molar refractivity (Wildman–Crippen MR) is 86.5 cm³/mol. The highest BCUT2D eigenvalue weighted by molar-refractivity contribution is 6.00. The number of alkyl halides is 3. The molecule has 1 amide bonds. The Balaban J connectivity index is 1.75. The number of ether oxygens (including phenoxy) is 1. The third-order valence-electron chi connectivity index (χ3n) is 3.35. The van der Waals surface area contributed by atoms with E-state index in [9.17, 15) is 18.0 Å². The van der Waals surface area contributed by atoms with Crippen molar-refractivity contribution in [3.8, 4) is 5.75 Å². The summed E-state index contributed by atoms with van der Waals surface area (Å²) in [6.07, 6.45) is -1.77. The molecule has 25 heavy (non-hydrogen) atoms. The van der Waals surface area contributed by atoms with Gasteiger partial charge in [-0.2, -0.15) is 5.10 Å². The summed E-state index contributed by atoms with van der Waals surface area (Å²) in [6, 6.07) is 12.5. The third-order valence-corrected chi connectivity index (χ3v) is 3.35. The number of aromatic amines is 1. The molecule has 2 aromatic carbocycles. The van der Waals surface area contributed by atoms with Crippen LogP contribution in [0, 0.1) is 0 Å². The summed E-state index contributed by atoms with van der Waals surface area (Å²) < 4.78 is 41.0. The summed E-state index contributed by atoms with van der Waals surface area (Å²) in [7, 11) is 0. The van der Waals surface area contributed by atoms with E-state index in [1.165, 1.54) is 24.4 Å². The monoisotopic (exact) mass is 347 g/mol. The predicted octanol–water partition coefficient (Wildman–Crippen LogP) is 3.83. The van der Waals surface area contributed by atoms with Crippen LogP contribution >= 0.6 is 0 Å². The summed E-state index contributed by atoms with van der Waals surface area (Å²) in [6.45, 7) is 0. The van der Waals surface area contributed by atoms with Gasteiger partial charge in [-0.05, 0) is 18.2 Å². The number of hydrazone groups is 1. The zero-order chi connectivity index (χ0) is 17.9. The molecule has 0 radical (unpaired) electrons. The van der Waals surface area contributed by atoms with Gasteiger partial charge >= 0.3 is 6.36 Å². The number of hydrogen-bond donors (Lipinski definition) is 2. The molecule has 0 aliphatic heterocycles. The lowest BCUT2D eigenvalue weighted by Crippen LogP contribution is -2.22. The van der Waals surface area contributed by atoms with Gasteiger partial charge in [-0.15, -0.1) is 13.2 Å². The smallest absolute Gasteiger partial charge is 0.405 e. The molecule has 0 aliphatic carbocycles. The normalized spacial score (nSPS) is 11.8. The zero-order valence-electron chi connectivity index (χ0n) is 12.7. The van der Waals surface area contributed by atoms with Crippen molar-refractivity contribution >= 4 is 23.0 Å². The average molecular weight is 347 g/mol. The molecule has 3 aromatic rings. The average Bonchev–Trinajstić information content (AvgIpc) is 2.97. The van der Waals surface area contributed by atoms with Crippen molar-refractivity contribution < 1.29 is 22.7 Å². The number of hydrogen-bond acceptors (Lipinski definition) is 3. The van der Waals surface area contributed by atoms with E-state index in [0.29, 0.717) is 0 Å². The van der Waals surface area contributed by atoms with Gasteiger partial charge in [-0.25, -0.2) is 5.43 Å². The largest absolute Gasteiger partial charge is 0.573 e. The van der Waals surface area contributed by atoms with Gasteiger partial charge in [0.25, 0.3) is 5.91 Å². The summed E-state index contributed by atoms with van der Waals surface area (Å²) in [5.41, 5.74) is 3.56. The molecule has 8 heteroatoms. The van der Waals surface area contributed by atoms with Crippen LogP contribution < -0.4 is 10.2 Å². The van der Waals surface area contributed by atoms with Crippen molar-refractivity contribution in [2.24, 2.45) is 5.10 Å². The first kappa shape index (κ1) is 16.6. The maximum Gasteiger partial charge on any atom is 0.573 e. The van der Waals surface area contributed by atoms with Crippen molar-refractivity contribution in [1.82, 2.24) is 10.4 Å². The van der Waals surface area contributed by atoms with E-state index < -0.39 is 18.0 Å². The van der Waals surface area contributed by atoms with Crippen LogP contribution in [0.1, 0.15) is 15.9 Å². The van der Waals surface area contributed by atoms with E-state index in [1.54, 1.807) is 6.20 Å². The number of nitrogens with zero attached hydrogens (tertiary/aromatic N) is 1. The number of para-hydroxylation sites is 2. The molecule has 0 saturated heterocycles. The summed E-state index contributed by atoms with van der Waals surface area (Å²) in [4.78, 5) is 15.1. The van der Waals surface area contributed by atoms with Crippen LogP contribution in [0.4, 0.5) is 13.2 Å². The van der Waals surface area contributed by atoms with Crippen LogP contribution in [0.3, 0.4) is 0 Å². The molecule has 0 fully saturated rings. The van der Waals surface area contributed by atoms with E-state index in [-0.39, 0.29) is 5.56 Å². The van der Waals surface area contributed by atoms with Crippen molar-refractivity contribution in [2.45, 2.75) is 6.36 Å². The molecule has 1 heterocycles. The van der Waals surface area contributed by atoms with E-state index >= 15 is 0 Å². The standard InChI is InChI=1S/C17H12F3N3O2/c18-17(19,20)25-15-8-4-2-6-13(15)16(24)23-22-10-11-9-21-14-7-3-1-5-12(11)14/h1-10,21H,(H,23,24)/b22-10+. The highest BCUT2D eigenvalue weighted by Crippen LogP contribution is 2.26. The highest BCUT2D eigenvalue weighted by atomic mass is 19.4. The van der Waals surface area contributed by atoms with Crippen molar-refractivity contribution in [2.75, 3.05) is 0 Å². The molecule has 0 bridgehead atoms. The molecule has 0 spiro atoms. The Kier molecular flexibility index (Phi) is 4.42. The molecule has 5 nitrogen and oxygen atoms in total. The fourth-order valence-corrected chi connectivity index (χ4v) is 2.29. The minimum absolute atomic E-state index is 0.268. The molecule has 0 aliphatic rings. The maximum atomic E-state index is 12.4. The molecular weight excluding hydrogens is 335 g/mol. The van der Waals surface area contributed by atoms with Gasteiger partial charge in [-0.1, -0.05) is 30.3 Å². The van der Waals surface area contributed by atoms with Crippen LogP contribution in [0.25, 0.3) is 10.9 Å². The Morgan fingerprint density at radius 1 is 1.12 bits per heavy atom. The number of carbonyl (C=O) groups excluding carboxylic acids is 1. The quantitative estimate of drug-likeness (QED) is 0.556. The van der Waals surface area contributed by atoms with Gasteiger partial charge in [0.05, 0.1) is 11.8 Å². The molecule has 1 aromatic heterocycles. The van der Waals surface area contributed by atoms with Crippen LogP contribution in [-0.4, -0.2) is 23.5 Å². The van der Waals surface area contributed by atoms with Crippen molar-refractivity contribution in [1.29, 1.82) is 0 Å². The number of rotatable bonds is 4. The minimum atomic E-state index is -4.89. The van der Waals surface area contributed by atoms with Gasteiger partial charge in [0.1, 0.15) is 5.75 Å². The SMILES string of the molecule is O=C(N/N=C/c1c[nH]c2ccccc12)c1ccccc1OC(F)(F)F. The van der Waals surface area contributed by atoms with Crippen LogP contribution in [-0.2, 0) is 0 Å². The molecule has 3 rings (SSSR count). The van der Waals surface area contributed by atoms with Gasteiger partial charge in [-0.3, -0.25) is 4.79 Å². The molecule has 128 valence electrons. The molecule has 0 unspecified atom stereocenters. The molecule has 2 N–H and O–H groups in total. The second-order valence-electron chi connectivity index (χ2n) is 5.03. The van der Waals surface area contributed by atoms with Gasteiger partial charge in [0.2, 0.25) is 0 Å². The fourth-order valence-electron chi connectivity index (χ4n) is 2.29. The van der Waals surface area contributed by atoms with Crippen molar-refractivity contribution in [3.63, 3.8) is 0 Å². The lowest BCUT2D eigenvalue weighted by molar-refractivity contribution is -0.274. The molecule has 0 atom stereocenters. The lowest BCUT2D eigenvalue weighted by atomic mass is 10.2. The van der Waals surface area contributed by atoms with Gasteiger partial charge < -0.3 is 9.72 Å². The first-order valence-corrected chi connectivity index (χ1v) is 7.18. The maximum absolute atomic E-state index is 12.4. The minimum Gasteiger partial charge on any atom is -0.405 e. The van der Waals surface area contributed by atoms with Crippen LogP contribution in [0.2, 0.25) is 0 Å². The van der Waals surface area contributed by atoms with Crippen LogP contribution in [0.15, 0.2) is 59.8 Å². The number of H-pyrrole nitrogens is 1. The Labute approximate surface area is 140 Å². The number of aromatic nitrogens is 1. The van der Waals surface area contributed by atoms with E-state index in [1.807, 2.05) is 24.3 Å². The summed E-state index contributed by atoms with van der Waals surface area (Å²) in [5, 5.41) is 4.70. The van der Waals surface area contributed by atoms with Crippen LogP contribution in [0.5, 0.6) is 5.75 Å². The summed E-state index contributed by atoms with van der Waals surface area (Å²) in [5.74, 6) is -1.40.